The molecule has 0 aliphatic heterocycles. The van der Waals surface area contributed by atoms with Gasteiger partial charge in [-0.1, -0.05) is 29.8 Å². The second-order valence-electron chi connectivity index (χ2n) is 4.39. The van der Waals surface area contributed by atoms with Crippen LogP contribution in [0.2, 0.25) is 0 Å². The topological polar surface area (TPSA) is 58.2 Å². The predicted octanol–water partition coefficient (Wildman–Crippen LogP) is 1.95. The summed E-state index contributed by atoms with van der Waals surface area (Å²) in [5.74, 6) is -0.0208. The van der Waals surface area contributed by atoms with E-state index in [1.807, 2.05) is 13.8 Å². The van der Waals surface area contributed by atoms with E-state index < -0.39 is 0 Å². The number of hydrogen-bond donors (Lipinski definition) is 2. The zero-order valence-corrected chi connectivity index (χ0v) is 12.1. The van der Waals surface area contributed by atoms with Crippen molar-refractivity contribution in [2.75, 3.05) is 13.1 Å². The van der Waals surface area contributed by atoms with Gasteiger partial charge in [0.25, 0.3) is 5.91 Å². The lowest BCUT2D eigenvalue weighted by atomic mass is 10.2. The van der Waals surface area contributed by atoms with Crippen LogP contribution >= 0.6 is 15.9 Å². The molecule has 4 nitrogen and oxygen atoms in total. The summed E-state index contributed by atoms with van der Waals surface area (Å²) >= 11 is 3.29. The number of benzene rings is 1. The number of rotatable bonds is 5. The van der Waals surface area contributed by atoms with Crippen LogP contribution in [0.1, 0.15) is 24.2 Å². The Morgan fingerprint density at radius 3 is 2.33 bits per heavy atom. The van der Waals surface area contributed by atoms with Crippen molar-refractivity contribution >= 4 is 27.7 Å². The van der Waals surface area contributed by atoms with Crippen molar-refractivity contribution < 1.29 is 9.59 Å². The van der Waals surface area contributed by atoms with Crippen LogP contribution in [0.25, 0.3) is 0 Å². The normalized spacial score (nSPS) is 10.2. The molecule has 2 N–H and O–H groups in total. The first kappa shape index (κ1) is 14.7. The molecule has 0 saturated heterocycles. The number of carbonyl (C=O) groups is 2. The molecular weight excluding hydrogens is 296 g/mol. The van der Waals surface area contributed by atoms with E-state index in [9.17, 15) is 9.59 Å². The number of hydrogen-bond acceptors (Lipinski definition) is 2. The summed E-state index contributed by atoms with van der Waals surface area (Å²) in [6, 6.07) is 6.97. The van der Waals surface area contributed by atoms with Gasteiger partial charge in [0.2, 0.25) is 5.91 Å². The summed E-state index contributed by atoms with van der Waals surface area (Å²) < 4.78 is 0.911. The Hall–Kier alpha value is -1.36. The van der Waals surface area contributed by atoms with Crippen LogP contribution in [0, 0.1) is 5.92 Å². The molecule has 5 heteroatoms. The van der Waals surface area contributed by atoms with Crippen LogP contribution in [0.3, 0.4) is 0 Å². The van der Waals surface area contributed by atoms with Crippen LogP contribution in [0.15, 0.2) is 28.7 Å². The quantitative estimate of drug-likeness (QED) is 0.873. The summed E-state index contributed by atoms with van der Waals surface area (Å²) in [6.07, 6.45) is 0. The van der Waals surface area contributed by atoms with E-state index in [-0.39, 0.29) is 18.4 Å². The molecule has 1 aromatic rings. The molecule has 0 bridgehead atoms. The maximum Gasteiger partial charge on any atom is 0.251 e. The van der Waals surface area contributed by atoms with Gasteiger partial charge in [-0.25, -0.2) is 0 Å². The van der Waals surface area contributed by atoms with Crippen molar-refractivity contribution in [3.8, 4) is 0 Å². The van der Waals surface area contributed by atoms with E-state index in [1.54, 1.807) is 24.3 Å². The van der Waals surface area contributed by atoms with Crippen molar-refractivity contribution in [2.45, 2.75) is 13.8 Å². The molecular formula is C13H17BrN2O2. The third-order valence-electron chi connectivity index (χ3n) is 2.22. The Morgan fingerprint density at radius 2 is 1.78 bits per heavy atom. The third-order valence-corrected chi connectivity index (χ3v) is 2.75. The highest BCUT2D eigenvalue weighted by molar-refractivity contribution is 9.10. The molecule has 0 spiro atoms. The molecule has 0 heterocycles. The number of nitrogens with one attached hydrogen (secondary N) is 2. The van der Waals surface area contributed by atoms with E-state index in [0.29, 0.717) is 18.0 Å². The average Bonchev–Trinajstić information content (AvgIpc) is 2.34. The van der Waals surface area contributed by atoms with Gasteiger partial charge in [0.15, 0.2) is 0 Å². The molecule has 0 aromatic heterocycles. The number of amides is 2. The lowest BCUT2D eigenvalue weighted by Crippen LogP contribution is -2.38. The van der Waals surface area contributed by atoms with Crippen molar-refractivity contribution in [1.29, 1.82) is 0 Å². The van der Waals surface area contributed by atoms with Gasteiger partial charge in [0.05, 0.1) is 6.54 Å². The molecule has 0 aliphatic carbocycles. The van der Waals surface area contributed by atoms with Crippen LogP contribution in [-0.4, -0.2) is 24.9 Å². The summed E-state index contributed by atoms with van der Waals surface area (Å²) in [7, 11) is 0. The van der Waals surface area contributed by atoms with Gasteiger partial charge >= 0.3 is 0 Å². The van der Waals surface area contributed by atoms with E-state index in [2.05, 4.69) is 26.6 Å². The highest BCUT2D eigenvalue weighted by atomic mass is 79.9. The lowest BCUT2D eigenvalue weighted by Gasteiger charge is -2.08. The van der Waals surface area contributed by atoms with Crippen LogP contribution in [0.4, 0.5) is 0 Å². The Bertz CT molecular complexity index is 416. The van der Waals surface area contributed by atoms with Crippen molar-refractivity contribution in [1.82, 2.24) is 10.6 Å². The third kappa shape index (κ3) is 5.31. The van der Waals surface area contributed by atoms with Gasteiger partial charge < -0.3 is 10.6 Å². The summed E-state index contributed by atoms with van der Waals surface area (Å²) in [5.41, 5.74) is 0.537. The summed E-state index contributed by atoms with van der Waals surface area (Å²) in [6.45, 7) is 4.65. The zero-order valence-electron chi connectivity index (χ0n) is 10.5. The summed E-state index contributed by atoms with van der Waals surface area (Å²) in [4.78, 5) is 23.1. The van der Waals surface area contributed by atoms with Crippen LogP contribution in [-0.2, 0) is 4.79 Å². The minimum Gasteiger partial charge on any atom is -0.354 e. The van der Waals surface area contributed by atoms with E-state index in [4.69, 9.17) is 0 Å². The SMILES string of the molecule is CC(C)CNC(=O)CNC(=O)c1ccc(Br)cc1. The Morgan fingerprint density at radius 1 is 1.17 bits per heavy atom. The molecule has 0 aliphatic rings. The first-order valence-corrected chi connectivity index (χ1v) is 6.59. The minimum atomic E-state index is -0.248. The second kappa shape index (κ2) is 7.16. The first-order chi connectivity index (χ1) is 8.49. The monoisotopic (exact) mass is 312 g/mol. The Labute approximate surface area is 115 Å². The van der Waals surface area contributed by atoms with Crippen molar-refractivity contribution in [3.63, 3.8) is 0 Å². The minimum absolute atomic E-state index is 0.00160. The highest BCUT2D eigenvalue weighted by Gasteiger charge is 2.07. The Balaban J connectivity index is 2.37. The zero-order chi connectivity index (χ0) is 13.5. The molecule has 2 amide bonds. The van der Waals surface area contributed by atoms with Gasteiger partial charge in [-0.15, -0.1) is 0 Å². The predicted molar refractivity (Wildman–Crippen MR) is 74.3 cm³/mol. The van der Waals surface area contributed by atoms with Gasteiger partial charge in [0, 0.05) is 16.6 Å². The van der Waals surface area contributed by atoms with Gasteiger partial charge in [-0.3, -0.25) is 9.59 Å². The second-order valence-corrected chi connectivity index (χ2v) is 5.30. The van der Waals surface area contributed by atoms with Crippen LogP contribution in [0.5, 0.6) is 0 Å². The maximum atomic E-state index is 11.7. The van der Waals surface area contributed by atoms with E-state index in [0.717, 1.165) is 4.47 Å². The molecule has 0 fully saturated rings. The van der Waals surface area contributed by atoms with Crippen molar-refractivity contribution in [3.05, 3.63) is 34.3 Å². The largest absolute Gasteiger partial charge is 0.354 e. The highest BCUT2D eigenvalue weighted by Crippen LogP contribution is 2.10. The maximum absolute atomic E-state index is 11.7. The molecule has 0 radical (unpaired) electrons. The summed E-state index contributed by atoms with van der Waals surface area (Å²) in [5, 5.41) is 5.31. The molecule has 0 saturated carbocycles. The van der Waals surface area contributed by atoms with E-state index >= 15 is 0 Å². The fraction of sp³-hybridized carbons (Fsp3) is 0.385. The Kier molecular flexibility index (Phi) is 5.85. The molecule has 18 heavy (non-hydrogen) atoms. The molecule has 1 aromatic carbocycles. The molecule has 0 atom stereocenters. The smallest absolute Gasteiger partial charge is 0.251 e. The fourth-order valence-corrected chi connectivity index (χ4v) is 1.51. The van der Waals surface area contributed by atoms with Gasteiger partial charge in [-0.2, -0.15) is 0 Å². The number of halogens is 1. The lowest BCUT2D eigenvalue weighted by molar-refractivity contribution is -0.120. The standard InChI is InChI=1S/C13H17BrN2O2/c1-9(2)7-15-12(17)8-16-13(18)10-3-5-11(14)6-4-10/h3-6,9H,7-8H2,1-2H3,(H,15,17)(H,16,18). The van der Waals surface area contributed by atoms with Crippen LogP contribution < -0.4 is 10.6 Å². The molecule has 0 unspecified atom stereocenters. The average molecular weight is 313 g/mol. The van der Waals surface area contributed by atoms with Gasteiger partial charge in [-0.05, 0) is 30.2 Å². The molecule has 98 valence electrons. The number of carbonyl (C=O) groups excluding carboxylic acids is 2. The molecule has 1 rings (SSSR count). The van der Waals surface area contributed by atoms with Gasteiger partial charge in [0.1, 0.15) is 0 Å². The van der Waals surface area contributed by atoms with Crippen molar-refractivity contribution in [2.24, 2.45) is 5.92 Å². The fourth-order valence-electron chi connectivity index (χ4n) is 1.24. The first-order valence-electron chi connectivity index (χ1n) is 5.79. The van der Waals surface area contributed by atoms with E-state index in [1.165, 1.54) is 0 Å².